The minimum absolute atomic E-state index is 0.0425. The first-order valence-corrected chi connectivity index (χ1v) is 13.9. The molecule has 0 radical (unpaired) electrons. The Morgan fingerprint density at radius 2 is 1.84 bits per heavy atom. The van der Waals surface area contributed by atoms with Crippen LogP contribution in [-0.2, 0) is 15.0 Å². The predicted octanol–water partition coefficient (Wildman–Crippen LogP) is 5.55. The van der Waals surface area contributed by atoms with E-state index in [0.29, 0.717) is 30.2 Å². The van der Waals surface area contributed by atoms with E-state index < -0.39 is 22.3 Å². The highest BCUT2D eigenvalue weighted by Gasteiger charge is 2.41. The van der Waals surface area contributed by atoms with Crippen LogP contribution in [0, 0.1) is 18.6 Å². The molecule has 1 fully saturated rings. The van der Waals surface area contributed by atoms with Crippen LogP contribution in [0.1, 0.15) is 61.2 Å². The number of anilines is 1. The molecule has 3 aromatic rings. The van der Waals surface area contributed by atoms with Gasteiger partial charge in [-0.3, -0.25) is 14.5 Å². The highest BCUT2D eigenvalue weighted by Crippen LogP contribution is 2.49. The summed E-state index contributed by atoms with van der Waals surface area (Å²) in [5.74, 6) is -1.19. The predicted molar refractivity (Wildman–Crippen MR) is 146 cm³/mol. The molecule has 1 saturated heterocycles. The van der Waals surface area contributed by atoms with Crippen molar-refractivity contribution in [3.8, 4) is 5.69 Å². The number of likely N-dealkylation sites (tertiary alicyclic amines) is 1. The number of halogens is 2. The van der Waals surface area contributed by atoms with E-state index in [1.54, 1.807) is 9.58 Å². The molecule has 2 amide bonds. The van der Waals surface area contributed by atoms with Crippen LogP contribution in [0.3, 0.4) is 0 Å². The van der Waals surface area contributed by atoms with E-state index in [9.17, 15) is 14.0 Å². The number of aromatic nitrogens is 2. The van der Waals surface area contributed by atoms with E-state index in [1.165, 1.54) is 28.8 Å². The standard InChI is InChI=1S/C29H32F2N4O2S/c1-18-8-7-9-20(14-18)35-28-25(27(32-35)29(2,3)4)26(21-11-10-19(30)15-22(21)31)38-17-24(37)34(28)16-23(36)33-12-5-6-13-33/h7-11,14-15,26H,5-6,12-13,16-17H2,1-4H3. The normalized spacial score (nSPS) is 18.1. The molecule has 0 aliphatic carbocycles. The average Bonchev–Trinajstić information content (AvgIpc) is 3.50. The lowest BCUT2D eigenvalue weighted by atomic mass is 9.87. The molecule has 3 heterocycles. The Morgan fingerprint density at radius 3 is 2.50 bits per heavy atom. The first kappa shape index (κ1) is 26.4. The van der Waals surface area contributed by atoms with Crippen LogP contribution in [0.25, 0.3) is 5.69 Å². The van der Waals surface area contributed by atoms with Gasteiger partial charge in [0.1, 0.15) is 24.0 Å². The lowest BCUT2D eigenvalue weighted by Crippen LogP contribution is -2.43. The quantitative estimate of drug-likeness (QED) is 0.437. The van der Waals surface area contributed by atoms with Gasteiger partial charge in [0, 0.05) is 35.7 Å². The zero-order chi connectivity index (χ0) is 27.2. The summed E-state index contributed by atoms with van der Waals surface area (Å²) in [5.41, 5.74) is 2.95. The molecule has 0 saturated carbocycles. The number of carbonyl (C=O) groups is 2. The lowest BCUT2D eigenvalue weighted by Gasteiger charge is -2.26. The minimum atomic E-state index is -0.675. The summed E-state index contributed by atoms with van der Waals surface area (Å²) in [6.07, 6.45) is 1.89. The Bertz CT molecular complexity index is 1390. The number of benzene rings is 2. The maximum Gasteiger partial charge on any atom is 0.242 e. The topological polar surface area (TPSA) is 58.4 Å². The van der Waals surface area contributed by atoms with Crippen LogP contribution < -0.4 is 4.90 Å². The summed E-state index contributed by atoms with van der Waals surface area (Å²) in [4.78, 5) is 30.3. The van der Waals surface area contributed by atoms with Gasteiger partial charge in [-0.2, -0.15) is 5.10 Å². The van der Waals surface area contributed by atoms with E-state index in [2.05, 4.69) is 0 Å². The van der Waals surface area contributed by atoms with E-state index in [4.69, 9.17) is 5.10 Å². The first-order valence-electron chi connectivity index (χ1n) is 12.9. The van der Waals surface area contributed by atoms with Gasteiger partial charge >= 0.3 is 0 Å². The highest BCUT2D eigenvalue weighted by atomic mass is 32.2. The number of rotatable bonds is 4. The smallest absolute Gasteiger partial charge is 0.242 e. The van der Waals surface area contributed by atoms with Crippen molar-refractivity contribution < 1.29 is 18.4 Å². The Hall–Kier alpha value is -3.20. The second-order valence-electron chi connectivity index (χ2n) is 11.0. The molecule has 9 heteroatoms. The monoisotopic (exact) mass is 538 g/mol. The fourth-order valence-corrected chi connectivity index (χ4v) is 6.39. The SMILES string of the molecule is Cc1cccc(-n2nc(C(C)(C)C)c3c2N(CC(=O)N2CCCC2)C(=O)CSC3c2ccc(F)cc2F)c1. The van der Waals surface area contributed by atoms with Gasteiger partial charge in [-0.05, 0) is 43.5 Å². The molecular formula is C29H32F2N4O2S. The third-order valence-electron chi connectivity index (χ3n) is 7.04. The molecule has 5 rings (SSSR count). The molecule has 0 N–H and O–H groups in total. The van der Waals surface area contributed by atoms with Crippen LogP contribution >= 0.6 is 11.8 Å². The van der Waals surface area contributed by atoms with Crippen molar-refractivity contribution in [1.82, 2.24) is 14.7 Å². The lowest BCUT2D eigenvalue weighted by molar-refractivity contribution is -0.130. The van der Waals surface area contributed by atoms with E-state index >= 15 is 4.39 Å². The number of aryl methyl sites for hydroxylation is 1. The molecule has 1 unspecified atom stereocenters. The van der Waals surface area contributed by atoms with E-state index in [0.717, 1.165) is 30.2 Å². The molecule has 2 aromatic carbocycles. The Morgan fingerprint density at radius 1 is 1.11 bits per heavy atom. The fourth-order valence-electron chi connectivity index (χ4n) is 5.17. The Balaban J connectivity index is 1.77. The van der Waals surface area contributed by atoms with E-state index in [1.807, 2.05) is 52.0 Å². The molecule has 200 valence electrons. The zero-order valence-electron chi connectivity index (χ0n) is 22.1. The van der Waals surface area contributed by atoms with Crippen molar-refractivity contribution in [2.45, 2.75) is 51.2 Å². The second kappa shape index (κ2) is 10.2. The number of hydrogen-bond donors (Lipinski definition) is 0. The largest absolute Gasteiger partial charge is 0.341 e. The van der Waals surface area contributed by atoms with Crippen LogP contribution in [-0.4, -0.2) is 51.9 Å². The molecule has 2 aliphatic heterocycles. The molecule has 6 nitrogen and oxygen atoms in total. The fraction of sp³-hybridized carbons (Fsp3) is 0.414. The summed E-state index contributed by atoms with van der Waals surface area (Å²) in [6, 6.07) is 11.3. The Kier molecular flexibility index (Phi) is 7.07. The summed E-state index contributed by atoms with van der Waals surface area (Å²) >= 11 is 1.28. The number of hydrogen-bond acceptors (Lipinski definition) is 4. The maximum atomic E-state index is 15.2. The number of fused-ring (bicyclic) bond motifs is 1. The molecular weight excluding hydrogens is 506 g/mol. The maximum absolute atomic E-state index is 15.2. The van der Waals surface area contributed by atoms with Crippen LogP contribution in [0.2, 0.25) is 0 Å². The summed E-state index contributed by atoms with van der Waals surface area (Å²) < 4.78 is 30.8. The third kappa shape index (κ3) is 4.96. The van der Waals surface area contributed by atoms with Crippen LogP contribution in [0.15, 0.2) is 42.5 Å². The van der Waals surface area contributed by atoms with Gasteiger partial charge in [0.15, 0.2) is 0 Å². The van der Waals surface area contributed by atoms with Gasteiger partial charge in [0.2, 0.25) is 11.8 Å². The molecule has 38 heavy (non-hydrogen) atoms. The van der Waals surface area contributed by atoms with Gasteiger partial charge in [-0.1, -0.05) is 39.0 Å². The van der Waals surface area contributed by atoms with Crippen molar-refractivity contribution in [1.29, 1.82) is 0 Å². The van der Waals surface area contributed by atoms with Crippen LogP contribution in [0.5, 0.6) is 0 Å². The first-order chi connectivity index (χ1) is 18.0. The minimum Gasteiger partial charge on any atom is -0.341 e. The van der Waals surface area contributed by atoms with Crippen molar-refractivity contribution >= 4 is 29.4 Å². The summed E-state index contributed by atoms with van der Waals surface area (Å²) in [6.45, 7) is 9.27. The molecule has 0 spiro atoms. The van der Waals surface area contributed by atoms with E-state index in [-0.39, 0.29) is 29.7 Å². The third-order valence-corrected chi connectivity index (χ3v) is 8.28. The molecule has 2 aliphatic rings. The Labute approximate surface area is 226 Å². The van der Waals surface area contributed by atoms with Gasteiger partial charge in [-0.25, -0.2) is 13.5 Å². The van der Waals surface area contributed by atoms with Gasteiger partial charge in [0.25, 0.3) is 0 Å². The number of thioether (sulfide) groups is 1. The number of amides is 2. The second-order valence-corrected chi connectivity index (χ2v) is 12.1. The van der Waals surface area contributed by atoms with Crippen LogP contribution in [0.4, 0.5) is 14.6 Å². The van der Waals surface area contributed by atoms with Gasteiger partial charge in [-0.15, -0.1) is 11.8 Å². The highest BCUT2D eigenvalue weighted by molar-refractivity contribution is 8.00. The molecule has 0 bridgehead atoms. The van der Waals surface area contributed by atoms with Gasteiger partial charge in [0.05, 0.1) is 22.4 Å². The van der Waals surface area contributed by atoms with Crippen molar-refractivity contribution in [3.63, 3.8) is 0 Å². The number of nitrogens with zero attached hydrogens (tertiary/aromatic N) is 4. The van der Waals surface area contributed by atoms with Crippen molar-refractivity contribution in [3.05, 3.63) is 76.5 Å². The summed E-state index contributed by atoms with van der Waals surface area (Å²) in [5, 5.41) is 4.40. The molecule has 1 atom stereocenters. The molecule has 1 aromatic heterocycles. The average molecular weight is 539 g/mol. The zero-order valence-corrected chi connectivity index (χ0v) is 22.9. The van der Waals surface area contributed by atoms with Crippen molar-refractivity contribution in [2.24, 2.45) is 0 Å². The summed E-state index contributed by atoms with van der Waals surface area (Å²) in [7, 11) is 0. The number of carbonyl (C=O) groups excluding carboxylic acids is 2. The van der Waals surface area contributed by atoms with Gasteiger partial charge < -0.3 is 4.90 Å². The van der Waals surface area contributed by atoms with Crippen molar-refractivity contribution in [2.75, 3.05) is 30.3 Å².